The minimum Gasteiger partial charge on any atom is -0.494 e. The van der Waals surface area contributed by atoms with Crippen LogP contribution >= 0.6 is 0 Å². The van der Waals surface area contributed by atoms with E-state index in [4.69, 9.17) is 9.47 Å². The average molecular weight is 182 g/mol. The van der Waals surface area contributed by atoms with Gasteiger partial charge in [0.25, 0.3) is 0 Å². The van der Waals surface area contributed by atoms with E-state index in [0.717, 1.165) is 19.6 Å². The van der Waals surface area contributed by atoms with Gasteiger partial charge < -0.3 is 9.47 Å². The Bertz CT molecular complexity index is 241. The number of hydrogen-bond acceptors (Lipinski definition) is 3. The van der Waals surface area contributed by atoms with E-state index >= 15 is 0 Å². The summed E-state index contributed by atoms with van der Waals surface area (Å²) in [5, 5.41) is 0. The van der Waals surface area contributed by atoms with Gasteiger partial charge in [0.05, 0.1) is 19.3 Å². The number of ether oxygens (including phenoxy) is 2. The molecule has 1 fully saturated rings. The largest absolute Gasteiger partial charge is 0.494 e. The highest BCUT2D eigenvalue weighted by molar-refractivity contribution is 5.90. The van der Waals surface area contributed by atoms with Gasteiger partial charge in [0.1, 0.15) is 5.60 Å². The molecule has 0 aromatic carbocycles. The molecule has 0 N–H and O–H groups in total. The molecule has 0 aliphatic carbocycles. The van der Waals surface area contributed by atoms with Gasteiger partial charge in [-0.05, 0) is 13.3 Å². The van der Waals surface area contributed by atoms with E-state index in [2.05, 4.69) is 0 Å². The maximum atomic E-state index is 11.2. The number of ketones is 1. The minimum absolute atomic E-state index is 0.153. The van der Waals surface area contributed by atoms with E-state index in [9.17, 15) is 4.79 Å². The van der Waals surface area contributed by atoms with Crippen LogP contribution in [0.3, 0.4) is 0 Å². The molecule has 0 bridgehead atoms. The molecule has 2 atom stereocenters. The maximum Gasteiger partial charge on any atom is 0.162 e. The Morgan fingerprint density at radius 1 is 1.62 bits per heavy atom. The van der Waals surface area contributed by atoms with Crippen LogP contribution in [-0.4, -0.2) is 24.6 Å². The van der Waals surface area contributed by atoms with Crippen molar-refractivity contribution in [3.8, 4) is 0 Å². The first-order valence-corrected chi connectivity index (χ1v) is 4.66. The zero-order valence-electron chi connectivity index (χ0n) is 7.79. The van der Waals surface area contributed by atoms with Crippen LogP contribution in [0.1, 0.15) is 19.8 Å². The molecule has 0 aromatic heterocycles. The van der Waals surface area contributed by atoms with Crippen LogP contribution in [0, 0.1) is 5.92 Å². The number of carbonyl (C=O) groups excluding carboxylic acids is 1. The number of hydrogen-bond donors (Lipinski definition) is 0. The zero-order chi connectivity index (χ0) is 9.31. The molecule has 3 heteroatoms. The predicted molar refractivity (Wildman–Crippen MR) is 47.2 cm³/mol. The van der Waals surface area contributed by atoms with E-state index in [0.29, 0.717) is 12.3 Å². The molecule has 0 radical (unpaired) electrons. The summed E-state index contributed by atoms with van der Waals surface area (Å²) >= 11 is 0. The second-order valence-corrected chi connectivity index (χ2v) is 3.94. The van der Waals surface area contributed by atoms with Crippen LogP contribution in [0.2, 0.25) is 0 Å². The Kier molecular flexibility index (Phi) is 2.12. The fraction of sp³-hybridized carbons (Fsp3) is 0.700. The molecular weight excluding hydrogens is 168 g/mol. The third-order valence-corrected chi connectivity index (χ3v) is 2.91. The van der Waals surface area contributed by atoms with Gasteiger partial charge in [-0.3, -0.25) is 4.79 Å². The standard InChI is InChI=1S/C10H14O3/c1-10(8-2-4-12-7-8)6-9(11)3-5-13-10/h3,5,8H,2,4,6-7H2,1H3. The smallest absolute Gasteiger partial charge is 0.162 e. The minimum atomic E-state index is -0.331. The highest BCUT2D eigenvalue weighted by atomic mass is 16.5. The van der Waals surface area contributed by atoms with E-state index in [1.54, 1.807) is 0 Å². The third-order valence-electron chi connectivity index (χ3n) is 2.91. The van der Waals surface area contributed by atoms with Gasteiger partial charge in [-0.25, -0.2) is 0 Å². The SMILES string of the molecule is CC1(C2CCOC2)CC(=O)C=CO1. The van der Waals surface area contributed by atoms with Crippen molar-refractivity contribution in [2.75, 3.05) is 13.2 Å². The van der Waals surface area contributed by atoms with Crippen molar-refractivity contribution in [1.29, 1.82) is 0 Å². The van der Waals surface area contributed by atoms with E-state index in [1.807, 2.05) is 6.92 Å². The molecular formula is C10H14O3. The monoisotopic (exact) mass is 182 g/mol. The van der Waals surface area contributed by atoms with Crippen molar-refractivity contribution in [1.82, 2.24) is 0 Å². The Morgan fingerprint density at radius 3 is 3.08 bits per heavy atom. The fourth-order valence-corrected chi connectivity index (χ4v) is 1.97. The molecule has 0 aromatic rings. The van der Waals surface area contributed by atoms with Gasteiger partial charge in [0, 0.05) is 18.6 Å². The van der Waals surface area contributed by atoms with Gasteiger partial charge in [-0.1, -0.05) is 0 Å². The van der Waals surface area contributed by atoms with E-state index < -0.39 is 0 Å². The number of allylic oxidation sites excluding steroid dienone is 1. The summed E-state index contributed by atoms with van der Waals surface area (Å²) in [4.78, 5) is 11.2. The summed E-state index contributed by atoms with van der Waals surface area (Å²) in [5.41, 5.74) is -0.331. The van der Waals surface area contributed by atoms with E-state index in [1.165, 1.54) is 12.3 Å². The predicted octanol–water partition coefficient (Wildman–Crippen LogP) is 1.28. The second kappa shape index (κ2) is 3.14. The number of rotatable bonds is 1. The molecule has 2 aliphatic rings. The number of carbonyl (C=O) groups is 1. The van der Waals surface area contributed by atoms with Crippen molar-refractivity contribution in [2.45, 2.75) is 25.4 Å². The normalized spacial score (nSPS) is 39.2. The lowest BCUT2D eigenvalue weighted by molar-refractivity contribution is -0.124. The summed E-state index contributed by atoms with van der Waals surface area (Å²) in [6, 6.07) is 0. The molecule has 2 heterocycles. The quantitative estimate of drug-likeness (QED) is 0.613. The molecule has 3 nitrogen and oxygen atoms in total. The second-order valence-electron chi connectivity index (χ2n) is 3.94. The zero-order valence-corrected chi connectivity index (χ0v) is 7.79. The van der Waals surface area contributed by atoms with Crippen LogP contribution in [0.4, 0.5) is 0 Å². The van der Waals surface area contributed by atoms with Crippen LogP contribution < -0.4 is 0 Å². The van der Waals surface area contributed by atoms with Crippen LogP contribution in [0.25, 0.3) is 0 Å². The molecule has 0 spiro atoms. The van der Waals surface area contributed by atoms with Gasteiger partial charge in [-0.15, -0.1) is 0 Å². The Labute approximate surface area is 77.7 Å². The molecule has 1 saturated heterocycles. The van der Waals surface area contributed by atoms with Gasteiger partial charge >= 0.3 is 0 Å². The first-order valence-electron chi connectivity index (χ1n) is 4.66. The molecule has 2 unspecified atom stereocenters. The lowest BCUT2D eigenvalue weighted by Crippen LogP contribution is -2.40. The lowest BCUT2D eigenvalue weighted by atomic mass is 9.83. The first kappa shape index (κ1) is 8.75. The molecule has 13 heavy (non-hydrogen) atoms. The van der Waals surface area contributed by atoms with Crippen molar-refractivity contribution >= 4 is 5.78 Å². The van der Waals surface area contributed by atoms with E-state index in [-0.39, 0.29) is 11.4 Å². The summed E-state index contributed by atoms with van der Waals surface area (Å²) in [5.74, 6) is 0.516. The van der Waals surface area contributed by atoms with Crippen LogP contribution in [0.15, 0.2) is 12.3 Å². The van der Waals surface area contributed by atoms with Crippen molar-refractivity contribution in [3.63, 3.8) is 0 Å². The fourth-order valence-electron chi connectivity index (χ4n) is 1.97. The Hall–Kier alpha value is -0.830. The maximum absolute atomic E-state index is 11.2. The highest BCUT2D eigenvalue weighted by Crippen LogP contribution is 2.34. The van der Waals surface area contributed by atoms with Gasteiger partial charge in [-0.2, -0.15) is 0 Å². The topological polar surface area (TPSA) is 35.5 Å². The molecule has 72 valence electrons. The van der Waals surface area contributed by atoms with Crippen molar-refractivity contribution in [3.05, 3.63) is 12.3 Å². The molecule has 0 saturated carbocycles. The van der Waals surface area contributed by atoms with Crippen molar-refractivity contribution < 1.29 is 14.3 Å². The summed E-state index contributed by atoms with van der Waals surface area (Å²) in [6.07, 6.45) is 4.50. The Balaban J connectivity index is 2.10. The summed E-state index contributed by atoms with van der Waals surface area (Å²) in [7, 11) is 0. The Morgan fingerprint density at radius 2 is 2.46 bits per heavy atom. The van der Waals surface area contributed by atoms with Crippen LogP contribution in [0.5, 0.6) is 0 Å². The first-order chi connectivity index (χ1) is 6.21. The molecule has 2 rings (SSSR count). The molecule has 0 amide bonds. The van der Waals surface area contributed by atoms with Gasteiger partial charge in [0.2, 0.25) is 0 Å². The van der Waals surface area contributed by atoms with Crippen molar-refractivity contribution in [2.24, 2.45) is 5.92 Å². The van der Waals surface area contributed by atoms with Gasteiger partial charge in [0.15, 0.2) is 5.78 Å². The third kappa shape index (κ3) is 1.61. The summed E-state index contributed by atoms with van der Waals surface area (Å²) in [6.45, 7) is 3.51. The lowest BCUT2D eigenvalue weighted by Gasteiger charge is -2.35. The molecule has 2 aliphatic heterocycles. The average Bonchev–Trinajstić information content (AvgIpc) is 2.55. The summed E-state index contributed by atoms with van der Waals surface area (Å²) < 4.78 is 10.8. The highest BCUT2D eigenvalue weighted by Gasteiger charge is 2.40. The van der Waals surface area contributed by atoms with Crippen LogP contribution in [-0.2, 0) is 14.3 Å².